The van der Waals surface area contributed by atoms with Crippen LogP contribution in [0.4, 0.5) is 0 Å². The van der Waals surface area contributed by atoms with E-state index in [1.54, 1.807) is 11.8 Å². The van der Waals surface area contributed by atoms with Crippen LogP contribution >= 0.6 is 0 Å². The van der Waals surface area contributed by atoms with E-state index in [-0.39, 0.29) is 11.6 Å². The number of likely N-dealkylation sites (tertiary alicyclic amines) is 1. The maximum absolute atomic E-state index is 13.2. The van der Waals surface area contributed by atoms with E-state index in [1.807, 2.05) is 12.1 Å². The summed E-state index contributed by atoms with van der Waals surface area (Å²) in [6.07, 6.45) is 2.19. The van der Waals surface area contributed by atoms with Gasteiger partial charge in [-0.2, -0.15) is 0 Å². The Labute approximate surface area is 176 Å². The molecule has 4 rings (SSSR count). The van der Waals surface area contributed by atoms with Gasteiger partial charge in [-0.25, -0.2) is 4.68 Å². The normalized spacial score (nSPS) is 16.9. The molecule has 3 aromatic rings. The molecular weight excluding hydrogens is 380 g/mol. The molecule has 1 aliphatic rings. The maximum atomic E-state index is 13.2. The molecule has 1 aromatic carbocycles. The second-order valence-corrected chi connectivity index (χ2v) is 8.45. The van der Waals surface area contributed by atoms with Crippen LogP contribution < -0.4 is 5.56 Å². The van der Waals surface area contributed by atoms with Gasteiger partial charge in [-0.15, -0.1) is 5.10 Å². The van der Waals surface area contributed by atoms with Crippen LogP contribution in [0, 0.1) is 19.8 Å². The standard InChI is InChI=1S/C22H30N6O2/c1-14-5-7-27(8-6-14)20(21-24-25-26-28(21)9-10-30-4)18-13-17-11-15(2)16(3)12-19(17)23-22(18)29/h11-14,20H,5-10H2,1-4H3,(H,23,29)/t20-/m1/s1. The van der Waals surface area contributed by atoms with Crippen molar-refractivity contribution >= 4 is 10.9 Å². The fraction of sp³-hybridized carbons (Fsp3) is 0.545. The smallest absolute Gasteiger partial charge is 0.253 e. The van der Waals surface area contributed by atoms with E-state index in [0.717, 1.165) is 42.4 Å². The van der Waals surface area contributed by atoms with Crippen molar-refractivity contribution in [2.24, 2.45) is 5.92 Å². The zero-order valence-electron chi connectivity index (χ0n) is 18.2. The van der Waals surface area contributed by atoms with Crippen molar-refractivity contribution in [3.05, 3.63) is 51.1 Å². The lowest BCUT2D eigenvalue weighted by Crippen LogP contribution is -2.40. The Kier molecular flexibility index (Phi) is 5.97. The summed E-state index contributed by atoms with van der Waals surface area (Å²) in [7, 11) is 1.66. The molecule has 0 radical (unpaired) electrons. The number of aromatic amines is 1. The highest BCUT2D eigenvalue weighted by Gasteiger charge is 2.32. The van der Waals surface area contributed by atoms with E-state index in [4.69, 9.17) is 4.74 Å². The lowest BCUT2D eigenvalue weighted by molar-refractivity contribution is 0.144. The number of methoxy groups -OCH3 is 1. The van der Waals surface area contributed by atoms with Gasteiger partial charge in [-0.3, -0.25) is 9.69 Å². The number of fused-ring (bicyclic) bond motifs is 1. The zero-order valence-corrected chi connectivity index (χ0v) is 18.2. The largest absolute Gasteiger partial charge is 0.383 e. The van der Waals surface area contributed by atoms with Gasteiger partial charge < -0.3 is 9.72 Å². The number of nitrogens with zero attached hydrogens (tertiary/aromatic N) is 5. The molecule has 0 aliphatic carbocycles. The number of hydrogen-bond donors (Lipinski definition) is 1. The molecule has 0 bridgehead atoms. The summed E-state index contributed by atoms with van der Waals surface area (Å²) < 4.78 is 6.98. The first-order valence-corrected chi connectivity index (χ1v) is 10.6. The van der Waals surface area contributed by atoms with Gasteiger partial charge in [-0.05, 0) is 90.8 Å². The Bertz CT molecular complexity index is 1080. The minimum absolute atomic E-state index is 0.0873. The summed E-state index contributed by atoms with van der Waals surface area (Å²) in [6.45, 7) is 9.30. The van der Waals surface area contributed by atoms with Crippen LogP contribution in [0.1, 0.15) is 48.3 Å². The molecule has 0 unspecified atom stereocenters. The molecule has 8 heteroatoms. The van der Waals surface area contributed by atoms with E-state index >= 15 is 0 Å². The molecule has 0 saturated carbocycles. The van der Waals surface area contributed by atoms with Gasteiger partial charge in [0.25, 0.3) is 5.56 Å². The number of piperidine rings is 1. The monoisotopic (exact) mass is 410 g/mol. The van der Waals surface area contributed by atoms with Gasteiger partial charge in [0.15, 0.2) is 5.82 Å². The number of hydrogen-bond acceptors (Lipinski definition) is 6. The Hall–Kier alpha value is -2.58. The average Bonchev–Trinajstić information content (AvgIpc) is 3.18. The summed E-state index contributed by atoms with van der Waals surface area (Å²) in [5, 5.41) is 13.5. The summed E-state index contributed by atoms with van der Waals surface area (Å²) in [5.74, 6) is 1.38. The third-order valence-electron chi connectivity index (χ3n) is 6.28. The Morgan fingerprint density at radius 1 is 1.20 bits per heavy atom. The molecule has 0 amide bonds. The SMILES string of the molecule is COCCn1nnnc1[C@@H](c1cc2cc(C)c(C)cc2[nH]c1=O)N1CCC(C)CC1. The molecular formula is C22H30N6O2. The maximum Gasteiger partial charge on any atom is 0.253 e. The molecule has 160 valence electrons. The molecule has 1 fully saturated rings. The quantitative estimate of drug-likeness (QED) is 0.672. The van der Waals surface area contributed by atoms with Crippen LogP contribution in [0.5, 0.6) is 0 Å². The highest BCUT2D eigenvalue weighted by atomic mass is 16.5. The number of benzene rings is 1. The Morgan fingerprint density at radius 3 is 2.67 bits per heavy atom. The van der Waals surface area contributed by atoms with Crippen LogP contribution in [-0.2, 0) is 11.3 Å². The average molecular weight is 411 g/mol. The zero-order chi connectivity index (χ0) is 21.3. The molecule has 1 atom stereocenters. The van der Waals surface area contributed by atoms with E-state index in [2.05, 4.69) is 52.2 Å². The van der Waals surface area contributed by atoms with Crippen molar-refractivity contribution in [1.82, 2.24) is 30.1 Å². The number of ether oxygens (including phenoxy) is 1. The van der Waals surface area contributed by atoms with E-state index in [1.165, 1.54) is 5.56 Å². The van der Waals surface area contributed by atoms with Gasteiger partial charge in [0, 0.05) is 18.2 Å². The van der Waals surface area contributed by atoms with E-state index < -0.39 is 0 Å². The second-order valence-electron chi connectivity index (χ2n) is 8.45. The van der Waals surface area contributed by atoms with Crippen molar-refractivity contribution in [2.45, 2.75) is 46.2 Å². The molecule has 1 saturated heterocycles. The Balaban J connectivity index is 1.84. The number of aromatic nitrogens is 5. The molecule has 1 N–H and O–H groups in total. The number of H-pyrrole nitrogens is 1. The third-order valence-corrected chi connectivity index (χ3v) is 6.28. The van der Waals surface area contributed by atoms with Gasteiger partial charge in [0.2, 0.25) is 0 Å². The van der Waals surface area contributed by atoms with Crippen molar-refractivity contribution in [3.63, 3.8) is 0 Å². The molecule has 30 heavy (non-hydrogen) atoms. The minimum atomic E-state index is -0.292. The van der Waals surface area contributed by atoms with Crippen molar-refractivity contribution < 1.29 is 4.74 Å². The summed E-state index contributed by atoms with van der Waals surface area (Å²) in [5.41, 5.74) is 3.83. The topological polar surface area (TPSA) is 88.9 Å². The molecule has 2 aromatic heterocycles. The van der Waals surface area contributed by atoms with Crippen molar-refractivity contribution in [3.8, 4) is 0 Å². The minimum Gasteiger partial charge on any atom is -0.383 e. The number of rotatable bonds is 6. The van der Waals surface area contributed by atoms with Crippen LogP contribution in [-0.4, -0.2) is 56.9 Å². The highest BCUT2D eigenvalue weighted by Crippen LogP contribution is 2.31. The van der Waals surface area contributed by atoms with Crippen LogP contribution in [0.25, 0.3) is 10.9 Å². The lowest BCUT2D eigenvalue weighted by Gasteiger charge is -2.35. The van der Waals surface area contributed by atoms with Gasteiger partial charge >= 0.3 is 0 Å². The number of nitrogens with one attached hydrogen (secondary N) is 1. The second kappa shape index (κ2) is 8.65. The molecule has 0 spiro atoms. The fourth-order valence-corrected chi connectivity index (χ4v) is 4.23. The number of tetrazole rings is 1. The molecule has 1 aliphatic heterocycles. The van der Waals surface area contributed by atoms with Gasteiger partial charge in [0.1, 0.15) is 6.04 Å². The molecule has 8 nitrogen and oxygen atoms in total. The highest BCUT2D eigenvalue weighted by molar-refractivity contribution is 5.81. The van der Waals surface area contributed by atoms with Crippen LogP contribution in [0.2, 0.25) is 0 Å². The van der Waals surface area contributed by atoms with Crippen LogP contribution in [0.15, 0.2) is 23.0 Å². The van der Waals surface area contributed by atoms with Crippen molar-refractivity contribution in [1.29, 1.82) is 0 Å². The van der Waals surface area contributed by atoms with Gasteiger partial charge in [-0.1, -0.05) is 6.92 Å². The number of aryl methyl sites for hydroxylation is 2. The predicted octanol–water partition coefficient (Wildman–Crippen LogP) is 2.60. The van der Waals surface area contributed by atoms with E-state index in [0.29, 0.717) is 30.5 Å². The summed E-state index contributed by atoms with van der Waals surface area (Å²) in [6, 6.07) is 5.89. The lowest BCUT2D eigenvalue weighted by atomic mass is 9.95. The summed E-state index contributed by atoms with van der Waals surface area (Å²) in [4.78, 5) is 18.6. The number of pyridine rings is 1. The predicted molar refractivity (Wildman–Crippen MR) is 116 cm³/mol. The first-order valence-electron chi connectivity index (χ1n) is 10.6. The van der Waals surface area contributed by atoms with E-state index in [9.17, 15) is 4.79 Å². The first kappa shape index (κ1) is 20.7. The van der Waals surface area contributed by atoms with Crippen LogP contribution in [0.3, 0.4) is 0 Å². The summed E-state index contributed by atoms with van der Waals surface area (Å²) >= 11 is 0. The Morgan fingerprint density at radius 2 is 1.93 bits per heavy atom. The first-order chi connectivity index (χ1) is 14.5. The third kappa shape index (κ3) is 4.02. The molecule has 3 heterocycles. The van der Waals surface area contributed by atoms with Crippen molar-refractivity contribution in [2.75, 3.05) is 26.8 Å². The fourth-order valence-electron chi connectivity index (χ4n) is 4.23. The van der Waals surface area contributed by atoms with Gasteiger partial charge in [0.05, 0.1) is 13.2 Å².